The van der Waals surface area contributed by atoms with Crippen LogP contribution in [-0.2, 0) is 0 Å². The molecule has 0 aliphatic heterocycles. The van der Waals surface area contributed by atoms with Gasteiger partial charge in [0.15, 0.2) is 0 Å². The summed E-state index contributed by atoms with van der Waals surface area (Å²) in [4.78, 5) is 2.15. The van der Waals surface area contributed by atoms with Crippen molar-refractivity contribution in [3.8, 4) is 0 Å². The summed E-state index contributed by atoms with van der Waals surface area (Å²) in [6, 6.07) is 9.06. The van der Waals surface area contributed by atoms with Crippen molar-refractivity contribution in [1.82, 2.24) is 0 Å². The zero-order valence-electron chi connectivity index (χ0n) is 11.7. The number of hydrogen-bond donors (Lipinski definition) is 1. The zero-order valence-corrected chi connectivity index (χ0v) is 11.7. The Morgan fingerprint density at radius 2 is 1.72 bits per heavy atom. The highest BCUT2D eigenvalue weighted by molar-refractivity contribution is 5.46. The van der Waals surface area contributed by atoms with E-state index >= 15 is 0 Å². The third-order valence-corrected chi connectivity index (χ3v) is 4.30. The lowest BCUT2D eigenvalue weighted by Gasteiger charge is -2.25. The van der Waals surface area contributed by atoms with E-state index in [1.54, 1.807) is 0 Å². The maximum absolute atomic E-state index is 5.97. The summed E-state index contributed by atoms with van der Waals surface area (Å²) in [5.74, 6) is 1.35. The van der Waals surface area contributed by atoms with Gasteiger partial charge in [-0.2, -0.15) is 0 Å². The number of nitrogens with zero attached hydrogens (tertiary/aromatic N) is 1. The molecule has 18 heavy (non-hydrogen) atoms. The average Bonchev–Trinajstić information content (AvgIpc) is 2.63. The third-order valence-electron chi connectivity index (χ3n) is 4.30. The summed E-state index contributed by atoms with van der Waals surface area (Å²) in [7, 11) is 4.17. The molecule has 0 bridgehead atoms. The summed E-state index contributed by atoms with van der Waals surface area (Å²) in [5.41, 5.74) is 8.73. The van der Waals surface area contributed by atoms with Crippen LogP contribution in [0.25, 0.3) is 0 Å². The van der Waals surface area contributed by atoms with Gasteiger partial charge < -0.3 is 10.6 Å². The predicted molar refractivity (Wildman–Crippen MR) is 79.1 cm³/mol. The van der Waals surface area contributed by atoms with Crippen LogP contribution in [0.4, 0.5) is 5.69 Å². The topological polar surface area (TPSA) is 29.3 Å². The van der Waals surface area contributed by atoms with Gasteiger partial charge in [0.2, 0.25) is 0 Å². The predicted octanol–water partition coefficient (Wildman–Crippen LogP) is 3.38. The lowest BCUT2D eigenvalue weighted by Crippen LogP contribution is -2.21. The van der Waals surface area contributed by atoms with Gasteiger partial charge >= 0.3 is 0 Å². The van der Waals surface area contributed by atoms with E-state index in [0.29, 0.717) is 11.8 Å². The Morgan fingerprint density at radius 3 is 2.33 bits per heavy atom. The van der Waals surface area contributed by atoms with Gasteiger partial charge in [-0.05, 0) is 48.9 Å². The van der Waals surface area contributed by atoms with Crippen molar-refractivity contribution >= 4 is 5.69 Å². The normalized spacial score (nSPS) is 24.6. The van der Waals surface area contributed by atoms with E-state index in [4.69, 9.17) is 5.73 Å². The molecule has 2 atom stereocenters. The first-order valence-electron chi connectivity index (χ1n) is 7.19. The van der Waals surface area contributed by atoms with E-state index < -0.39 is 0 Å². The molecule has 0 heterocycles. The van der Waals surface area contributed by atoms with Crippen LogP contribution in [0, 0.1) is 5.92 Å². The van der Waals surface area contributed by atoms with E-state index in [-0.39, 0.29) is 0 Å². The number of hydrogen-bond acceptors (Lipinski definition) is 2. The Labute approximate surface area is 111 Å². The van der Waals surface area contributed by atoms with Crippen LogP contribution in [-0.4, -0.2) is 20.6 Å². The average molecular weight is 246 g/mol. The minimum absolute atomic E-state index is 0.675. The quantitative estimate of drug-likeness (QED) is 0.829. The van der Waals surface area contributed by atoms with Crippen LogP contribution in [0.3, 0.4) is 0 Å². The fourth-order valence-electron chi connectivity index (χ4n) is 3.13. The van der Waals surface area contributed by atoms with Crippen molar-refractivity contribution in [2.24, 2.45) is 11.7 Å². The maximum Gasteiger partial charge on any atom is 0.0361 e. The Bertz CT molecular complexity index is 356. The number of benzene rings is 1. The fourth-order valence-corrected chi connectivity index (χ4v) is 3.13. The molecule has 1 saturated carbocycles. The summed E-state index contributed by atoms with van der Waals surface area (Å²) in [6.45, 7) is 0.833. The molecule has 1 aromatic carbocycles. The van der Waals surface area contributed by atoms with Gasteiger partial charge in [0.1, 0.15) is 0 Å². The van der Waals surface area contributed by atoms with Gasteiger partial charge in [-0.1, -0.05) is 31.4 Å². The molecule has 2 N–H and O–H groups in total. The molecule has 1 aliphatic carbocycles. The Kier molecular flexibility index (Phi) is 4.65. The van der Waals surface area contributed by atoms with Crippen molar-refractivity contribution < 1.29 is 0 Å². The monoisotopic (exact) mass is 246 g/mol. The van der Waals surface area contributed by atoms with Crippen LogP contribution >= 0.6 is 0 Å². The maximum atomic E-state index is 5.97. The van der Waals surface area contributed by atoms with Crippen molar-refractivity contribution in [3.05, 3.63) is 29.8 Å². The standard InChI is InChI=1S/C16H26N2/c1-18(2)15-10-8-13(9-11-15)16-7-5-3-4-6-14(16)12-17/h8-11,14,16H,3-7,12,17H2,1-2H3. The summed E-state index contributed by atoms with van der Waals surface area (Å²) in [5, 5.41) is 0. The Morgan fingerprint density at radius 1 is 1.06 bits per heavy atom. The minimum Gasteiger partial charge on any atom is -0.378 e. The second kappa shape index (κ2) is 6.24. The van der Waals surface area contributed by atoms with Crippen LogP contribution in [0.5, 0.6) is 0 Å². The fraction of sp³-hybridized carbons (Fsp3) is 0.625. The number of nitrogens with two attached hydrogens (primary N) is 1. The molecule has 2 nitrogen and oxygen atoms in total. The molecular formula is C16H26N2. The van der Waals surface area contributed by atoms with Gasteiger partial charge in [0.25, 0.3) is 0 Å². The van der Waals surface area contributed by atoms with E-state index in [0.717, 1.165) is 6.54 Å². The molecule has 2 heteroatoms. The Hall–Kier alpha value is -1.02. The highest BCUT2D eigenvalue weighted by Crippen LogP contribution is 2.36. The van der Waals surface area contributed by atoms with Crippen molar-refractivity contribution in [2.75, 3.05) is 25.5 Å². The van der Waals surface area contributed by atoms with Gasteiger partial charge in [-0.3, -0.25) is 0 Å². The first-order chi connectivity index (χ1) is 8.72. The van der Waals surface area contributed by atoms with Gasteiger partial charge in [0.05, 0.1) is 0 Å². The first-order valence-corrected chi connectivity index (χ1v) is 7.19. The van der Waals surface area contributed by atoms with E-state index in [1.807, 2.05) is 0 Å². The summed E-state index contributed by atoms with van der Waals surface area (Å²) < 4.78 is 0. The lowest BCUT2D eigenvalue weighted by atomic mass is 9.82. The summed E-state index contributed by atoms with van der Waals surface area (Å²) >= 11 is 0. The van der Waals surface area contributed by atoms with E-state index in [1.165, 1.54) is 43.4 Å². The number of anilines is 1. The molecule has 0 aromatic heterocycles. The Balaban J connectivity index is 2.16. The molecule has 0 saturated heterocycles. The van der Waals surface area contributed by atoms with Crippen LogP contribution in [0.15, 0.2) is 24.3 Å². The molecule has 0 radical (unpaired) electrons. The zero-order chi connectivity index (χ0) is 13.0. The SMILES string of the molecule is CN(C)c1ccc(C2CCCCCC2CN)cc1. The highest BCUT2D eigenvalue weighted by atomic mass is 15.1. The first kappa shape index (κ1) is 13.4. The highest BCUT2D eigenvalue weighted by Gasteiger charge is 2.23. The molecular weight excluding hydrogens is 220 g/mol. The second-order valence-electron chi connectivity index (χ2n) is 5.73. The largest absolute Gasteiger partial charge is 0.378 e. The van der Waals surface area contributed by atoms with Crippen LogP contribution in [0.2, 0.25) is 0 Å². The molecule has 0 spiro atoms. The molecule has 1 aromatic rings. The summed E-state index contributed by atoms with van der Waals surface area (Å²) in [6.07, 6.45) is 6.70. The number of rotatable bonds is 3. The van der Waals surface area contributed by atoms with Crippen LogP contribution < -0.4 is 10.6 Å². The van der Waals surface area contributed by atoms with Gasteiger partial charge in [-0.15, -0.1) is 0 Å². The van der Waals surface area contributed by atoms with Crippen molar-refractivity contribution in [3.63, 3.8) is 0 Å². The van der Waals surface area contributed by atoms with Crippen molar-refractivity contribution in [2.45, 2.75) is 38.0 Å². The minimum atomic E-state index is 0.675. The third kappa shape index (κ3) is 3.05. The molecule has 100 valence electrons. The van der Waals surface area contributed by atoms with E-state index in [9.17, 15) is 0 Å². The smallest absolute Gasteiger partial charge is 0.0361 e. The van der Waals surface area contributed by atoms with Gasteiger partial charge in [-0.25, -0.2) is 0 Å². The van der Waals surface area contributed by atoms with Crippen molar-refractivity contribution in [1.29, 1.82) is 0 Å². The molecule has 1 aliphatic rings. The molecule has 0 amide bonds. The molecule has 2 rings (SSSR count). The molecule has 2 unspecified atom stereocenters. The van der Waals surface area contributed by atoms with Crippen LogP contribution in [0.1, 0.15) is 43.6 Å². The lowest BCUT2D eigenvalue weighted by molar-refractivity contribution is 0.408. The van der Waals surface area contributed by atoms with Gasteiger partial charge in [0, 0.05) is 19.8 Å². The van der Waals surface area contributed by atoms with E-state index in [2.05, 4.69) is 43.3 Å². The second-order valence-corrected chi connectivity index (χ2v) is 5.73. The molecule has 1 fully saturated rings.